The molecule has 1 heterocycles. The van der Waals surface area contributed by atoms with Gasteiger partial charge in [-0.25, -0.2) is 5.01 Å². The molecule has 0 radical (unpaired) electrons. The monoisotopic (exact) mass is 626 g/mol. The van der Waals surface area contributed by atoms with Crippen molar-refractivity contribution in [2.24, 2.45) is 11.0 Å². The highest BCUT2D eigenvalue weighted by Gasteiger charge is 2.43. The SMILES string of the molecule is O=C(c1cccc(Br)c1)N1N=C2/C(=C/c3ccc(Br)cc3)CCCC2C1c1ccc(Br)cc1. The number of nitrogens with zero attached hydrogens (tertiary/aromatic N) is 2. The lowest BCUT2D eigenvalue weighted by molar-refractivity contribution is 0.0681. The van der Waals surface area contributed by atoms with E-state index in [1.54, 1.807) is 5.01 Å². The summed E-state index contributed by atoms with van der Waals surface area (Å²) < 4.78 is 2.97. The number of halogens is 3. The number of amides is 1. The van der Waals surface area contributed by atoms with Crippen LogP contribution in [0.2, 0.25) is 0 Å². The van der Waals surface area contributed by atoms with Crippen molar-refractivity contribution in [1.82, 2.24) is 5.01 Å². The second-order valence-corrected chi connectivity index (χ2v) is 11.1. The predicted octanol–water partition coefficient (Wildman–Crippen LogP) is 8.41. The summed E-state index contributed by atoms with van der Waals surface area (Å²) in [6.45, 7) is 0. The molecule has 0 bridgehead atoms. The van der Waals surface area contributed by atoms with Crippen molar-refractivity contribution in [3.05, 3.63) is 108 Å². The number of allylic oxidation sites excluding steroid dienone is 1. The van der Waals surface area contributed by atoms with Gasteiger partial charge in [0.15, 0.2) is 0 Å². The Kier molecular flexibility index (Phi) is 6.68. The fraction of sp³-hybridized carbons (Fsp3) is 0.185. The number of hydrazone groups is 1. The molecular weight excluding hydrogens is 608 g/mol. The molecule has 2 aliphatic rings. The topological polar surface area (TPSA) is 32.7 Å². The summed E-state index contributed by atoms with van der Waals surface area (Å²) in [6.07, 6.45) is 5.29. The summed E-state index contributed by atoms with van der Waals surface area (Å²) in [7, 11) is 0. The number of fused-ring (bicyclic) bond motifs is 1. The molecule has 1 saturated carbocycles. The zero-order valence-electron chi connectivity index (χ0n) is 17.7. The van der Waals surface area contributed by atoms with Crippen LogP contribution in [0, 0.1) is 5.92 Å². The standard InChI is InChI=1S/C27H21Br3N2O/c28-21-11-7-17(8-12-21)15-19-3-2-6-24-25(19)31-32(26(24)18-9-13-22(29)14-10-18)27(33)20-4-1-5-23(30)16-20/h1,4-5,7-16,24,26H,2-3,6H2/b19-15+. The zero-order chi connectivity index (χ0) is 22.9. The van der Waals surface area contributed by atoms with Gasteiger partial charge in [0.1, 0.15) is 0 Å². The molecule has 2 unspecified atom stereocenters. The second-order valence-electron chi connectivity index (χ2n) is 8.36. The smallest absolute Gasteiger partial charge is 0.267 e. The first kappa shape index (κ1) is 22.8. The van der Waals surface area contributed by atoms with Crippen LogP contribution in [0.3, 0.4) is 0 Å². The highest BCUT2D eigenvalue weighted by molar-refractivity contribution is 9.11. The van der Waals surface area contributed by atoms with Gasteiger partial charge < -0.3 is 0 Å². The maximum Gasteiger partial charge on any atom is 0.274 e. The minimum atomic E-state index is -0.117. The van der Waals surface area contributed by atoms with Crippen LogP contribution in [-0.4, -0.2) is 16.6 Å². The summed E-state index contributed by atoms with van der Waals surface area (Å²) >= 11 is 10.5. The molecular formula is C27H21Br3N2O. The van der Waals surface area contributed by atoms with Crippen molar-refractivity contribution in [2.45, 2.75) is 25.3 Å². The fourth-order valence-corrected chi connectivity index (χ4v) is 5.60. The van der Waals surface area contributed by atoms with Crippen molar-refractivity contribution in [3.8, 4) is 0 Å². The van der Waals surface area contributed by atoms with Gasteiger partial charge in [-0.15, -0.1) is 0 Å². The van der Waals surface area contributed by atoms with Crippen LogP contribution in [0.1, 0.15) is 46.8 Å². The molecule has 33 heavy (non-hydrogen) atoms. The normalized spacial score (nSPS) is 21.1. The second kappa shape index (κ2) is 9.69. The lowest BCUT2D eigenvalue weighted by Gasteiger charge is -2.29. The number of benzene rings is 3. The molecule has 166 valence electrons. The van der Waals surface area contributed by atoms with Gasteiger partial charge in [0.05, 0.1) is 11.8 Å². The van der Waals surface area contributed by atoms with Gasteiger partial charge in [-0.3, -0.25) is 4.79 Å². The summed E-state index contributed by atoms with van der Waals surface area (Å²) in [5, 5.41) is 6.70. The van der Waals surface area contributed by atoms with Gasteiger partial charge in [0.2, 0.25) is 0 Å². The largest absolute Gasteiger partial charge is 0.274 e. The average Bonchev–Trinajstić information content (AvgIpc) is 3.21. The number of hydrogen-bond acceptors (Lipinski definition) is 2. The number of hydrogen-bond donors (Lipinski definition) is 0. The lowest BCUT2D eigenvalue weighted by Crippen LogP contribution is -2.31. The first-order valence-electron chi connectivity index (χ1n) is 10.9. The molecule has 0 N–H and O–H groups in total. The molecule has 0 aromatic heterocycles. The first-order chi connectivity index (χ1) is 16.0. The van der Waals surface area contributed by atoms with Crippen molar-refractivity contribution in [1.29, 1.82) is 0 Å². The van der Waals surface area contributed by atoms with Crippen LogP contribution in [0.5, 0.6) is 0 Å². The van der Waals surface area contributed by atoms with E-state index in [4.69, 9.17) is 5.10 Å². The molecule has 2 atom stereocenters. The quantitative estimate of drug-likeness (QED) is 0.287. The summed E-state index contributed by atoms with van der Waals surface area (Å²) in [5.74, 6) is 0.104. The fourth-order valence-electron chi connectivity index (χ4n) is 4.68. The van der Waals surface area contributed by atoms with E-state index in [9.17, 15) is 4.79 Å². The minimum absolute atomic E-state index is 0.0749. The third-order valence-electron chi connectivity index (χ3n) is 6.20. The molecule has 6 heteroatoms. The zero-order valence-corrected chi connectivity index (χ0v) is 22.5. The third-order valence-corrected chi connectivity index (χ3v) is 7.75. The van der Waals surface area contributed by atoms with Gasteiger partial charge in [0, 0.05) is 24.9 Å². The highest BCUT2D eigenvalue weighted by atomic mass is 79.9. The Morgan fingerprint density at radius 1 is 0.909 bits per heavy atom. The van der Waals surface area contributed by atoms with Crippen LogP contribution in [0.25, 0.3) is 6.08 Å². The van der Waals surface area contributed by atoms with E-state index in [1.807, 2.05) is 36.4 Å². The van der Waals surface area contributed by atoms with Crippen molar-refractivity contribution in [2.75, 3.05) is 0 Å². The molecule has 3 nitrogen and oxygen atoms in total. The molecule has 1 aliphatic carbocycles. The number of rotatable bonds is 3. The molecule has 1 fully saturated rings. The van der Waals surface area contributed by atoms with Crippen LogP contribution >= 0.6 is 47.8 Å². The first-order valence-corrected chi connectivity index (χ1v) is 13.3. The summed E-state index contributed by atoms with van der Waals surface area (Å²) in [6, 6.07) is 24.0. The maximum atomic E-state index is 13.7. The van der Waals surface area contributed by atoms with Crippen LogP contribution in [0.4, 0.5) is 0 Å². The molecule has 5 rings (SSSR count). The van der Waals surface area contributed by atoms with Crippen molar-refractivity contribution < 1.29 is 4.79 Å². The molecule has 3 aromatic rings. The molecule has 0 saturated heterocycles. The van der Waals surface area contributed by atoms with Crippen molar-refractivity contribution in [3.63, 3.8) is 0 Å². The van der Waals surface area contributed by atoms with E-state index in [2.05, 4.69) is 90.3 Å². The van der Waals surface area contributed by atoms with Crippen LogP contribution in [0.15, 0.2) is 96.9 Å². The third kappa shape index (κ3) is 4.79. The van der Waals surface area contributed by atoms with E-state index in [-0.39, 0.29) is 17.9 Å². The lowest BCUT2D eigenvalue weighted by atomic mass is 9.77. The Balaban J connectivity index is 1.58. The number of carbonyl (C=O) groups is 1. The van der Waals surface area contributed by atoms with Gasteiger partial charge in [-0.1, -0.05) is 78.1 Å². The van der Waals surface area contributed by atoms with Gasteiger partial charge in [-0.05, 0) is 84.5 Å². The minimum Gasteiger partial charge on any atom is -0.267 e. The maximum absolute atomic E-state index is 13.7. The van der Waals surface area contributed by atoms with Gasteiger partial charge in [-0.2, -0.15) is 5.10 Å². The van der Waals surface area contributed by atoms with E-state index in [1.165, 1.54) is 5.57 Å². The molecule has 3 aromatic carbocycles. The Hall–Kier alpha value is -2.02. The van der Waals surface area contributed by atoms with E-state index < -0.39 is 0 Å². The van der Waals surface area contributed by atoms with E-state index in [0.717, 1.165) is 49.5 Å². The Morgan fingerprint density at radius 2 is 1.61 bits per heavy atom. The Bertz CT molecular complexity index is 1250. The predicted molar refractivity (Wildman–Crippen MR) is 144 cm³/mol. The average molecular weight is 629 g/mol. The summed E-state index contributed by atoms with van der Waals surface area (Å²) in [5.41, 5.74) is 5.15. The van der Waals surface area contributed by atoms with Gasteiger partial charge >= 0.3 is 0 Å². The van der Waals surface area contributed by atoms with Gasteiger partial charge in [0.25, 0.3) is 5.91 Å². The van der Waals surface area contributed by atoms with Crippen LogP contribution < -0.4 is 0 Å². The van der Waals surface area contributed by atoms with E-state index >= 15 is 0 Å². The molecule has 1 aliphatic heterocycles. The molecule has 1 amide bonds. The number of carbonyl (C=O) groups excluding carboxylic acids is 1. The Morgan fingerprint density at radius 3 is 2.30 bits per heavy atom. The Labute approximate surface area is 219 Å². The van der Waals surface area contributed by atoms with E-state index in [0.29, 0.717) is 5.56 Å². The summed E-state index contributed by atoms with van der Waals surface area (Å²) in [4.78, 5) is 13.7. The highest BCUT2D eigenvalue weighted by Crippen LogP contribution is 2.45. The van der Waals surface area contributed by atoms with Crippen molar-refractivity contribution >= 4 is 65.5 Å². The molecule has 0 spiro atoms. The van der Waals surface area contributed by atoms with Crippen LogP contribution in [-0.2, 0) is 0 Å².